The molecule has 0 spiro atoms. The molecule has 2 aliphatic heterocycles. The van der Waals surface area contributed by atoms with Crippen LogP contribution in [0.2, 0.25) is 0 Å². The van der Waals surface area contributed by atoms with Crippen LogP contribution < -0.4 is 10.2 Å². The molecule has 1 amide bonds. The van der Waals surface area contributed by atoms with Crippen molar-refractivity contribution in [3.05, 3.63) is 31.3 Å². The average Bonchev–Trinajstić information content (AvgIpc) is 3.19. The Kier molecular flexibility index (Phi) is 35.0. The Morgan fingerprint density at radius 2 is 1.12 bits per heavy atom. The molecule has 2 rings (SSSR count). The largest absolute Gasteiger partial charge is 0.516 e. The highest BCUT2D eigenvalue weighted by Crippen LogP contribution is 2.20. The summed E-state index contributed by atoms with van der Waals surface area (Å²) in [5.74, 6) is -2.27. The van der Waals surface area contributed by atoms with Crippen molar-refractivity contribution in [3.8, 4) is 0 Å². The van der Waals surface area contributed by atoms with Crippen molar-refractivity contribution in [2.24, 2.45) is 27.2 Å². The summed E-state index contributed by atoms with van der Waals surface area (Å²) in [4.78, 5) is 61.0. The van der Waals surface area contributed by atoms with Crippen LogP contribution in [0.4, 0.5) is 9.59 Å². The lowest BCUT2D eigenvalue weighted by molar-refractivity contribution is -0.253. The monoisotopic (exact) mass is 913 g/mol. The van der Waals surface area contributed by atoms with E-state index in [1.54, 1.807) is 0 Å². The van der Waals surface area contributed by atoms with Crippen LogP contribution in [0.3, 0.4) is 0 Å². The summed E-state index contributed by atoms with van der Waals surface area (Å²) in [6.45, 7) is 5.58. The summed E-state index contributed by atoms with van der Waals surface area (Å²) in [5.41, 5.74) is 22.7. The summed E-state index contributed by atoms with van der Waals surface area (Å²) >= 11 is 10.1. The Morgan fingerprint density at radius 3 is 1.48 bits per heavy atom. The van der Waals surface area contributed by atoms with E-state index < -0.39 is 124 Å². The number of amides is 1. The summed E-state index contributed by atoms with van der Waals surface area (Å²) in [6, 6.07) is -2.25. The Balaban J connectivity index is -0.000000704. The second kappa shape index (κ2) is 35.2. The third kappa shape index (κ3) is 28.8. The van der Waals surface area contributed by atoms with Gasteiger partial charge in [0.25, 0.3) is 0 Å². The number of rotatable bonds is 14. The minimum atomic E-state index is -1.59. The van der Waals surface area contributed by atoms with Crippen LogP contribution in [0.1, 0.15) is 27.7 Å². The Labute approximate surface area is 349 Å². The number of esters is 1. The van der Waals surface area contributed by atoms with Crippen LogP contribution in [0.25, 0.3) is 31.3 Å². The minimum absolute atomic E-state index is 0.162. The van der Waals surface area contributed by atoms with Gasteiger partial charge in [0, 0.05) is 26.3 Å². The number of carboxylic acid groups (broad SMARTS) is 1. The van der Waals surface area contributed by atoms with Gasteiger partial charge in [-0.3, -0.25) is 14.4 Å². The highest BCUT2D eigenvalue weighted by Gasteiger charge is 2.44. The fourth-order valence-corrected chi connectivity index (χ4v) is 3.90. The molecule has 0 radical (unpaired) electrons. The number of hydrogen-bond donors (Lipinski definition) is 11. The first-order valence-electron chi connectivity index (χ1n) is 16.8. The van der Waals surface area contributed by atoms with E-state index in [-0.39, 0.29) is 12.5 Å². The number of ether oxygens (including phenoxy) is 5. The number of aliphatic hydroxyl groups is 8. The molecule has 0 aromatic carbocycles. The van der Waals surface area contributed by atoms with Crippen molar-refractivity contribution in [1.82, 2.24) is 10.2 Å². The molecule has 30 nitrogen and oxygen atoms in total. The number of nitrogens with zero attached hydrogens (tertiary/aromatic N) is 9. The molecule has 60 heavy (non-hydrogen) atoms. The highest BCUT2D eigenvalue weighted by atomic mass is 35.5. The van der Waals surface area contributed by atoms with E-state index in [0.717, 1.165) is 0 Å². The summed E-state index contributed by atoms with van der Waals surface area (Å²) in [5, 5.41) is 92.7. The fraction of sp³-hybridized carbons (Fsp3) is 0.821. The van der Waals surface area contributed by atoms with Gasteiger partial charge in [-0.25, -0.2) is 14.4 Å². The van der Waals surface area contributed by atoms with Crippen LogP contribution in [-0.2, 0) is 38.1 Å². The lowest BCUT2D eigenvalue weighted by atomic mass is 9.97. The first-order chi connectivity index (χ1) is 28.1. The van der Waals surface area contributed by atoms with Crippen molar-refractivity contribution in [1.29, 1.82) is 0 Å². The van der Waals surface area contributed by atoms with Gasteiger partial charge in [-0.1, -0.05) is 43.0 Å². The molecule has 10 atom stereocenters. The lowest BCUT2D eigenvalue weighted by Gasteiger charge is -2.40. The quantitative estimate of drug-likeness (QED) is 0.0185. The molecular formula is C28H49Cl2N11O19. The maximum Gasteiger partial charge on any atom is 0.516 e. The number of halogens is 2. The molecular weight excluding hydrogens is 865 g/mol. The summed E-state index contributed by atoms with van der Waals surface area (Å²) in [6.07, 6.45) is -11.7. The molecule has 11 N–H and O–H groups in total. The Morgan fingerprint density at radius 1 is 0.700 bits per heavy atom. The van der Waals surface area contributed by atoms with E-state index in [2.05, 4.69) is 54.4 Å². The standard InChI is InChI=1S/C8H14N4O6.C7H11N3O4.C6H12ClNO5.C5H9ClO2.C2H3N3O2/c9-12-10-1-4(14)11-5-7(16)6(15)3(2-13)18-8(5)17;1-5(2)4-13-7(12)14-6(11)3-9-10-8;7-8-3-5(11)4(10)2(1-9)13-6(3)12;1-4(2)3-8-5(6)7;3-5-4-1-2(6)7/h3,5-8,13,15-17H,1-2H2,(H,11,14);5H,3-4H2,1-2H3;2-6,8-12H,1H2;4H,3H2,1-2H3;1H2,(H,6,7)/t3?,5?,6-,7-,8?;;2?,3?,4-,5-,6?;;/m1.1../s1. The van der Waals surface area contributed by atoms with E-state index in [0.29, 0.717) is 12.5 Å². The first-order valence-corrected chi connectivity index (χ1v) is 17.5. The number of carbonyl (C=O) groups excluding carboxylic acids is 4. The molecule has 2 saturated heterocycles. The van der Waals surface area contributed by atoms with Crippen LogP contribution in [0, 0.1) is 11.8 Å². The molecule has 2 heterocycles. The van der Waals surface area contributed by atoms with Gasteiger partial charge in [-0.05, 0) is 40.2 Å². The molecule has 2 fully saturated rings. The zero-order valence-corrected chi connectivity index (χ0v) is 33.8. The molecule has 32 heteroatoms. The molecule has 0 aromatic rings. The topological polar surface area (TPSA) is 484 Å². The molecule has 6 unspecified atom stereocenters. The molecule has 2 aliphatic rings. The Bertz CT molecular complexity index is 1440. The fourth-order valence-electron chi connectivity index (χ4n) is 3.60. The average molecular weight is 915 g/mol. The van der Waals surface area contributed by atoms with Crippen LogP contribution in [-0.4, -0.2) is 183 Å². The predicted molar refractivity (Wildman–Crippen MR) is 199 cm³/mol. The third-order valence-electron chi connectivity index (χ3n) is 6.33. The smallest absolute Gasteiger partial charge is 0.481 e. The minimum Gasteiger partial charge on any atom is -0.481 e. The van der Waals surface area contributed by atoms with Crippen molar-refractivity contribution >= 4 is 52.8 Å². The highest BCUT2D eigenvalue weighted by molar-refractivity contribution is 6.61. The molecule has 0 aliphatic carbocycles. The van der Waals surface area contributed by atoms with E-state index in [1.165, 1.54) is 0 Å². The second-order valence-corrected chi connectivity index (χ2v) is 12.6. The maximum absolute atomic E-state index is 11.2. The van der Waals surface area contributed by atoms with Gasteiger partial charge in [0.1, 0.15) is 68.3 Å². The number of aliphatic carboxylic acids is 1. The van der Waals surface area contributed by atoms with Gasteiger partial charge < -0.3 is 75.0 Å². The van der Waals surface area contributed by atoms with Crippen molar-refractivity contribution in [3.63, 3.8) is 0 Å². The van der Waals surface area contributed by atoms with Gasteiger partial charge in [-0.2, -0.15) is 0 Å². The van der Waals surface area contributed by atoms with Crippen molar-refractivity contribution in [2.45, 2.75) is 89.0 Å². The molecule has 0 bridgehead atoms. The van der Waals surface area contributed by atoms with Gasteiger partial charge in [-0.15, -0.1) is 0 Å². The van der Waals surface area contributed by atoms with Crippen LogP contribution >= 0.6 is 23.4 Å². The van der Waals surface area contributed by atoms with E-state index >= 15 is 0 Å². The number of aliphatic hydroxyl groups excluding tert-OH is 8. The summed E-state index contributed by atoms with van der Waals surface area (Å²) < 4.78 is 22.7. The maximum atomic E-state index is 11.2. The van der Waals surface area contributed by atoms with Gasteiger partial charge >= 0.3 is 23.5 Å². The Hall–Kier alpha value is -4.58. The number of carbonyl (C=O) groups is 5. The number of hydrogen-bond acceptors (Lipinski definition) is 22. The van der Waals surface area contributed by atoms with Gasteiger partial charge in [0.2, 0.25) is 5.91 Å². The zero-order valence-electron chi connectivity index (χ0n) is 32.3. The van der Waals surface area contributed by atoms with E-state index in [1.807, 2.05) is 27.7 Å². The predicted octanol–water partition coefficient (Wildman–Crippen LogP) is -1.23. The van der Waals surface area contributed by atoms with Gasteiger partial charge in [0.15, 0.2) is 12.6 Å². The zero-order chi connectivity index (χ0) is 47.0. The number of azide groups is 3. The first kappa shape index (κ1) is 59.7. The lowest BCUT2D eigenvalue weighted by Crippen LogP contribution is -2.64. The SMILES string of the molecule is CC(C)COC(=O)Cl.CC(C)COC(=O)OC(=O)CN=[N+]=[N-].OCC1OC(O)C(NCl)[C@@H](O)[C@@H]1O.[N-]=[N+]=NCC(=O)NC1C(O)OC(CO)[C@@H](O)[C@@H]1O.[N-]=[N+]=NCC(=O)O. The van der Waals surface area contributed by atoms with Crippen molar-refractivity contribution in [2.75, 3.05) is 46.1 Å². The van der Waals surface area contributed by atoms with Crippen LogP contribution in [0.15, 0.2) is 15.3 Å². The van der Waals surface area contributed by atoms with Gasteiger partial charge in [0.05, 0.1) is 26.4 Å². The molecule has 0 saturated carbocycles. The number of nitrogens with one attached hydrogen (secondary N) is 2. The normalized spacial score (nSPS) is 24.9. The third-order valence-corrected chi connectivity index (χ3v) is 6.69. The summed E-state index contributed by atoms with van der Waals surface area (Å²) in [7, 11) is 0. The molecule has 0 aromatic heterocycles. The second-order valence-electron chi connectivity index (χ2n) is 12.1. The van der Waals surface area contributed by atoms with Crippen molar-refractivity contribution < 1.29 is 93.6 Å². The van der Waals surface area contributed by atoms with E-state index in [4.69, 9.17) is 64.8 Å². The molecule has 344 valence electrons. The van der Waals surface area contributed by atoms with Crippen LogP contribution in [0.5, 0.6) is 0 Å². The number of carboxylic acids is 1. The van der Waals surface area contributed by atoms with E-state index in [9.17, 15) is 54.6 Å².